The van der Waals surface area contributed by atoms with E-state index in [1.807, 2.05) is 19.1 Å². The number of ether oxygens (including phenoxy) is 4. The lowest BCUT2D eigenvalue weighted by atomic mass is 9.96. The minimum atomic E-state index is -3.71. The number of carbonyl (C=O) groups is 1. The highest BCUT2D eigenvalue weighted by Gasteiger charge is 2.33. The van der Waals surface area contributed by atoms with Gasteiger partial charge in [-0.15, -0.1) is 0 Å². The lowest BCUT2D eigenvalue weighted by Crippen LogP contribution is -2.43. The molecule has 9 nitrogen and oxygen atoms in total. The summed E-state index contributed by atoms with van der Waals surface area (Å²) >= 11 is 0. The Bertz CT molecular complexity index is 1110. The largest absolute Gasteiger partial charge is 0.493 e. The van der Waals surface area contributed by atoms with Crippen LogP contribution in [0.4, 0.5) is 0 Å². The van der Waals surface area contributed by atoms with Crippen LogP contribution < -0.4 is 24.3 Å². The maximum atomic E-state index is 13.1. The van der Waals surface area contributed by atoms with E-state index in [0.29, 0.717) is 35.8 Å². The van der Waals surface area contributed by atoms with E-state index >= 15 is 0 Å². The van der Waals surface area contributed by atoms with E-state index in [0.717, 1.165) is 5.56 Å². The van der Waals surface area contributed by atoms with Gasteiger partial charge in [0.25, 0.3) is 0 Å². The van der Waals surface area contributed by atoms with Gasteiger partial charge < -0.3 is 24.3 Å². The fraction of sp³-hybridized carbons (Fsp3) is 0.458. The van der Waals surface area contributed by atoms with Gasteiger partial charge in [0, 0.05) is 25.1 Å². The highest BCUT2D eigenvalue weighted by Crippen LogP contribution is 2.33. The zero-order chi connectivity index (χ0) is 24.9. The van der Waals surface area contributed by atoms with Crippen LogP contribution in [0.25, 0.3) is 0 Å². The molecular weight excluding hydrogens is 460 g/mol. The van der Waals surface area contributed by atoms with E-state index in [2.05, 4.69) is 5.32 Å². The van der Waals surface area contributed by atoms with E-state index in [4.69, 9.17) is 18.9 Å². The van der Waals surface area contributed by atoms with Gasteiger partial charge in [0.15, 0.2) is 23.0 Å². The van der Waals surface area contributed by atoms with Gasteiger partial charge in [0.2, 0.25) is 15.9 Å². The topological polar surface area (TPSA) is 103 Å². The highest BCUT2D eigenvalue weighted by atomic mass is 32.2. The molecule has 0 bridgehead atoms. The summed E-state index contributed by atoms with van der Waals surface area (Å²) in [4.78, 5) is 13.0. The average Bonchev–Trinajstić information content (AvgIpc) is 2.87. The first-order chi connectivity index (χ1) is 16.2. The summed E-state index contributed by atoms with van der Waals surface area (Å²) in [6.07, 6.45) is 0.883. The van der Waals surface area contributed by atoms with Crippen molar-refractivity contribution in [2.24, 2.45) is 5.92 Å². The molecule has 186 valence electrons. The zero-order valence-electron chi connectivity index (χ0n) is 20.2. The molecule has 1 amide bonds. The van der Waals surface area contributed by atoms with Crippen LogP contribution in [-0.4, -0.2) is 60.2 Å². The zero-order valence-corrected chi connectivity index (χ0v) is 21.0. The molecule has 10 heteroatoms. The van der Waals surface area contributed by atoms with Gasteiger partial charge in [-0.05, 0) is 49.6 Å². The first-order valence-electron chi connectivity index (χ1n) is 11.0. The maximum absolute atomic E-state index is 13.1. The van der Waals surface area contributed by atoms with Gasteiger partial charge in [-0.2, -0.15) is 4.31 Å². The Morgan fingerprint density at radius 3 is 1.97 bits per heavy atom. The third kappa shape index (κ3) is 5.39. The summed E-state index contributed by atoms with van der Waals surface area (Å²) in [5.41, 5.74) is 0.888. The van der Waals surface area contributed by atoms with Crippen LogP contribution in [0.3, 0.4) is 0 Å². The molecule has 1 unspecified atom stereocenters. The van der Waals surface area contributed by atoms with Crippen LogP contribution in [0, 0.1) is 5.92 Å². The molecule has 1 fully saturated rings. The number of nitrogens with zero attached hydrogens (tertiary/aromatic N) is 1. The Hall–Kier alpha value is -2.98. The molecule has 1 aliphatic heterocycles. The van der Waals surface area contributed by atoms with Crippen LogP contribution in [0.2, 0.25) is 0 Å². The molecule has 1 aliphatic rings. The lowest BCUT2D eigenvalue weighted by Gasteiger charge is -2.31. The van der Waals surface area contributed by atoms with Crippen molar-refractivity contribution in [1.82, 2.24) is 9.62 Å². The molecule has 1 atom stereocenters. The smallest absolute Gasteiger partial charge is 0.243 e. The second-order valence-electron chi connectivity index (χ2n) is 8.04. The number of piperidine rings is 1. The summed E-state index contributed by atoms with van der Waals surface area (Å²) in [7, 11) is 2.38. The third-order valence-corrected chi connectivity index (χ3v) is 7.98. The summed E-state index contributed by atoms with van der Waals surface area (Å²) in [5.74, 6) is 1.66. The number of hydrogen-bond acceptors (Lipinski definition) is 7. The van der Waals surface area contributed by atoms with Crippen molar-refractivity contribution in [3.8, 4) is 23.0 Å². The highest BCUT2D eigenvalue weighted by molar-refractivity contribution is 7.89. The Morgan fingerprint density at radius 1 is 0.882 bits per heavy atom. The molecule has 2 aromatic carbocycles. The van der Waals surface area contributed by atoms with Gasteiger partial charge in [-0.1, -0.05) is 6.07 Å². The summed E-state index contributed by atoms with van der Waals surface area (Å²) in [5, 5.41) is 3.03. The van der Waals surface area contributed by atoms with Crippen molar-refractivity contribution >= 4 is 15.9 Å². The van der Waals surface area contributed by atoms with E-state index in [1.165, 1.54) is 30.7 Å². The van der Waals surface area contributed by atoms with Crippen molar-refractivity contribution in [3.05, 3.63) is 42.0 Å². The number of hydrogen-bond donors (Lipinski definition) is 1. The van der Waals surface area contributed by atoms with E-state index in [1.54, 1.807) is 26.4 Å². The van der Waals surface area contributed by atoms with Crippen molar-refractivity contribution < 1.29 is 32.2 Å². The van der Waals surface area contributed by atoms with Gasteiger partial charge in [0.1, 0.15) is 0 Å². The van der Waals surface area contributed by atoms with Crippen LogP contribution in [0.1, 0.15) is 31.4 Å². The molecule has 1 N–H and O–H groups in total. The fourth-order valence-corrected chi connectivity index (χ4v) is 5.51. The molecule has 1 heterocycles. The van der Waals surface area contributed by atoms with Crippen molar-refractivity contribution in [1.29, 1.82) is 0 Å². The maximum Gasteiger partial charge on any atom is 0.243 e. The summed E-state index contributed by atoms with van der Waals surface area (Å²) in [6.45, 7) is 2.43. The Kier molecular flexibility index (Phi) is 8.27. The van der Waals surface area contributed by atoms with E-state index in [-0.39, 0.29) is 35.9 Å². The van der Waals surface area contributed by atoms with Crippen LogP contribution in [-0.2, 0) is 14.8 Å². The summed E-state index contributed by atoms with van der Waals surface area (Å²) < 4.78 is 48.7. The summed E-state index contributed by atoms with van der Waals surface area (Å²) in [6, 6.07) is 9.81. The van der Waals surface area contributed by atoms with Crippen molar-refractivity contribution in [2.75, 3.05) is 41.5 Å². The molecule has 0 saturated carbocycles. The first kappa shape index (κ1) is 25.6. The SMILES string of the molecule is COc1ccc(C(C)NC(=O)C2CCN(S(=O)(=O)c3ccc(OC)c(OC)c3)CC2)cc1OC. The Labute approximate surface area is 201 Å². The van der Waals surface area contributed by atoms with Gasteiger partial charge >= 0.3 is 0 Å². The van der Waals surface area contributed by atoms with E-state index in [9.17, 15) is 13.2 Å². The minimum Gasteiger partial charge on any atom is -0.493 e. The second kappa shape index (κ2) is 11.0. The number of amides is 1. The molecular formula is C24H32N2O7S. The average molecular weight is 493 g/mol. The standard InChI is InChI=1S/C24H32N2O7S/c1-16(18-6-8-20(30-2)22(14-18)32-4)25-24(27)17-10-12-26(13-11-17)34(28,29)19-7-9-21(31-3)23(15-19)33-5/h6-9,14-17H,10-13H2,1-5H3,(H,25,27). The normalized spacial score (nSPS) is 15.9. The monoisotopic (exact) mass is 492 g/mol. The molecule has 0 aliphatic carbocycles. The number of carbonyl (C=O) groups excluding carboxylic acids is 1. The molecule has 3 rings (SSSR count). The van der Waals surface area contributed by atoms with Gasteiger partial charge in [-0.3, -0.25) is 4.79 Å². The molecule has 1 saturated heterocycles. The molecule has 2 aromatic rings. The minimum absolute atomic E-state index is 0.0922. The van der Waals surface area contributed by atoms with Crippen molar-refractivity contribution in [2.45, 2.75) is 30.7 Å². The van der Waals surface area contributed by atoms with Crippen molar-refractivity contribution in [3.63, 3.8) is 0 Å². The van der Waals surface area contributed by atoms with Crippen LogP contribution in [0.15, 0.2) is 41.3 Å². The molecule has 0 radical (unpaired) electrons. The predicted molar refractivity (Wildman–Crippen MR) is 127 cm³/mol. The number of methoxy groups -OCH3 is 4. The molecule has 0 spiro atoms. The Morgan fingerprint density at radius 2 is 1.41 bits per heavy atom. The first-order valence-corrected chi connectivity index (χ1v) is 12.4. The fourth-order valence-electron chi connectivity index (χ4n) is 4.02. The number of nitrogens with one attached hydrogen (secondary N) is 1. The predicted octanol–water partition coefficient (Wildman–Crippen LogP) is 3.00. The number of rotatable bonds is 9. The quantitative estimate of drug-likeness (QED) is 0.574. The van der Waals surface area contributed by atoms with Gasteiger partial charge in [-0.25, -0.2) is 8.42 Å². The second-order valence-corrected chi connectivity index (χ2v) is 9.98. The lowest BCUT2D eigenvalue weighted by molar-refractivity contribution is -0.126. The van der Waals surface area contributed by atoms with Gasteiger partial charge in [0.05, 0.1) is 39.4 Å². The molecule has 0 aromatic heterocycles. The number of sulfonamides is 1. The number of benzene rings is 2. The molecule has 34 heavy (non-hydrogen) atoms. The third-order valence-electron chi connectivity index (χ3n) is 6.08. The van der Waals surface area contributed by atoms with Crippen LogP contribution in [0.5, 0.6) is 23.0 Å². The van der Waals surface area contributed by atoms with E-state index < -0.39 is 10.0 Å². The Balaban J connectivity index is 1.62. The van der Waals surface area contributed by atoms with Crippen LogP contribution >= 0.6 is 0 Å².